The van der Waals surface area contributed by atoms with Gasteiger partial charge in [0.25, 0.3) is 11.8 Å². The highest BCUT2D eigenvalue weighted by Crippen LogP contribution is 2.25. The molecule has 1 saturated heterocycles. The highest BCUT2D eigenvalue weighted by molar-refractivity contribution is 7.89. The molecule has 1 atom stereocenters. The van der Waals surface area contributed by atoms with E-state index in [0.717, 1.165) is 27.4 Å². The van der Waals surface area contributed by atoms with Gasteiger partial charge >= 0.3 is 5.97 Å². The van der Waals surface area contributed by atoms with Gasteiger partial charge in [0.2, 0.25) is 10.0 Å². The fourth-order valence-electron chi connectivity index (χ4n) is 3.29. The maximum atomic E-state index is 13.2. The second-order valence-corrected chi connectivity index (χ2v) is 10.2. The van der Waals surface area contributed by atoms with Crippen LogP contribution in [0.5, 0.6) is 0 Å². The summed E-state index contributed by atoms with van der Waals surface area (Å²) in [4.78, 5) is 39.4. The number of benzene rings is 2. The zero-order valence-electron chi connectivity index (χ0n) is 18.0. The van der Waals surface area contributed by atoms with Crippen molar-refractivity contribution < 1.29 is 31.9 Å². The molecule has 0 N–H and O–H groups in total. The van der Waals surface area contributed by atoms with E-state index < -0.39 is 39.7 Å². The van der Waals surface area contributed by atoms with E-state index in [4.69, 9.17) is 16.3 Å². The summed E-state index contributed by atoms with van der Waals surface area (Å²) in [7, 11) is -1.14. The fraction of sp³-hybridized carbons (Fsp3) is 0.318. The Hall–Kier alpha value is -2.82. The average Bonchev–Trinajstić information content (AvgIpc) is 2.95. The quantitative estimate of drug-likeness (QED) is 0.465. The maximum absolute atomic E-state index is 13.2. The van der Waals surface area contributed by atoms with Gasteiger partial charge in [-0.1, -0.05) is 11.6 Å². The summed E-state index contributed by atoms with van der Waals surface area (Å²) in [6.45, 7) is 0.125. The summed E-state index contributed by atoms with van der Waals surface area (Å²) in [5.74, 6) is -2.83. The molecule has 3 rings (SSSR count). The van der Waals surface area contributed by atoms with Crippen molar-refractivity contribution in [3.8, 4) is 0 Å². The van der Waals surface area contributed by atoms with Gasteiger partial charge in [0.15, 0.2) is 6.10 Å². The smallest absolute Gasteiger partial charge is 0.340 e. The van der Waals surface area contributed by atoms with Gasteiger partial charge in [-0.3, -0.25) is 14.5 Å². The minimum absolute atomic E-state index is 0.0435. The first kappa shape index (κ1) is 24.8. The number of hydrogen-bond acceptors (Lipinski definition) is 6. The van der Waals surface area contributed by atoms with Crippen LogP contribution in [-0.4, -0.2) is 62.2 Å². The molecule has 0 aliphatic carbocycles. The number of imide groups is 1. The largest absolute Gasteiger partial charge is 0.449 e. The number of rotatable bonds is 5. The molecule has 11 heteroatoms. The van der Waals surface area contributed by atoms with E-state index in [0.29, 0.717) is 12.8 Å². The number of amides is 2. The third kappa shape index (κ3) is 5.40. The molecular formula is C22H22ClFN2O6S. The Bertz CT molecular complexity index is 1180. The lowest BCUT2D eigenvalue weighted by Gasteiger charge is -2.23. The third-order valence-electron chi connectivity index (χ3n) is 5.16. The number of halogens is 2. The van der Waals surface area contributed by atoms with Crippen molar-refractivity contribution in [1.82, 2.24) is 9.21 Å². The first-order valence-corrected chi connectivity index (χ1v) is 11.9. The number of nitrogens with zero attached hydrogens (tertiary/aromatic N) is 2. The van der Waals surface area contributed by atoms with Crippen LogP contribution in [0.1, 0.15) is 40.0 Å². The summed E-state index contributed by atoms with van der Waals surface area (Å²) in [6, 6.07) is 8.37. The van der Waals surface area contributed by atoms with Crippen molar-refractivity contribution in [2.24, 2.45) is 0 Å². The molecule has 0 saturated carbocycles. The van der Waals surface area contributed by atoms with Crippen LogP contribution in [0, 0.1) is 5.82 Å². The minimum Gasteiger partial charge on any atom is -0.449 e. The number of hydrogen-bond donors (Lipinski definition) is 0. The molecule has 1 aliphatic heterocycles. The number of sulfonamides is 1. The van der Waals surface area contributed by atoms with Crippen LogP contribution in [0.3, 0.4) is 0 Å². The lowest BCUT2D eigenvalue weighted by atomic mass is 10.1. The first-order valence-electron chi connectivity index (χ1n) is 10.1. The average molecular weight is 497 g/mol. The van der Waals surface area contributed by atoms with E-state index >= 15 is 0 Å². The molecular weight excluding hydrogens is 475 g/mol. The van der Waals surface area contributed by atoms with Crippen LogP contribution >= 0.6 is 11.6 Å². The lowest BCUT2D eigenvalue weighted by Crippen LogP contribution is -2.43. The molecule has 0 radical (unpaired) electrons. The number of likely N-dealkylation sites (tertiary alicyclic amines) is 1. The Kier molecular flexibility index (Phi) is 7.51. The van der Waals surface area contributed by atoms with Crippen LogP contribution in [0.25, 0.3) is 0 Å². The zero-order chi connectivity index (χ0) is 24.3. The van der Waals surface area contributed by atoms with Gasteiger partial charge < -0.3 is 4.74 Å². The van der Waals surface area contributed by atoms with Gasteiger partial charge in [-0.2, -0.15) is 0 Å². The molecule has 2 amide bonds. The highest BCUT2D eigenvalue weighted by atomic mass is 35.5. The molecule has 2 aromatic carbocycles. The van der Waals surface area contributed by atoms with E-state index in [1.807, 2.05) is 0 Å². The molecule has 33 heavy (non-hydrogen) atoms. The van der Waals surface area contributed by atoms with Crippen molar-refractivity contribution in [1.29, 1.82) is 0 Å². The van der Waals surface area contributed by atoms with Crippen LogP contribution in [0.4, 0.5) is 4.39 Å². The SMILES string of the molecule is CN(C)S(=O)(=O)c1ccc(Cl)c(C(=O)O[C@@H]2CCCCN(C(=O)c3ccc(F)cc3)C2=O)c1. The van der Waals surface area contributed by atoms with E-state index in [1.165, 1.54) is 38.4 Å². The van der Waals surface area contributed by atoms with Gasteiger partial charge in [-0.25, -0.2) is 21.9 Å². The van der Waals surface area contributed by atoms with Gasteiger partial charge in [0.1, 0.15) is 5.82 Å². The fourth-order valence-corrected chi connectivity index (χ4v) is 4.41. The molecule has 0 spiro atoms. The summed E-state index contributed by atoms with van der Waals surface area (Å²) in [6.07, 6.45) is -0.0519. The maximum Gasteiger partial charge on any atom is 0.340 e. The summed E-state index contributed by atoms with van der Waals surface area (Å²) in [5.41, 5.74) is -0.0885. The number of carbonyl (C=O) groups is 3. The van der Waals surface area contributed by atoms with Gasteiger partial charge in [-0.15, -0.1) is 0 Å². The van der Waals surface area contributed by atoms with Crippen molar-refractivity contribution in [2.45, 2.75) is 30.3 Å². The van der Waals surface area contributed by atoms with E-state index in [-0.39, 0.29) is 34.0 Å². The van der Waals surface area contributed by atoms with Gasteiger partial charge in [0, 0.05) is 26.2 Å². The number of carbonyl (C=O) groups excluding carboxylic acids is 3. The van der Waals surface area contributed by atoms with Crippen LogP contribution in [-0.2, 0) is 19.6 Å². The van der Waals surface area contributed by atoms with E-state index in [2.05, 4.69) is 0 Å². The van der Waals surface area contributed by atoms with Crippen molar-refractivity contribution in [3.63, 3.8) is 0 Å². The van der Waals surface area contributed by atoms with Crippen LogP contribution < -0.4 is 0 Å². The molecule has 0 bridgehead atoms. The molecule has 8 nitrogen and oxygen atoms in total. The second-order valence-electron chi connectivity index (χ2n) is 7.62. The summed E-state index contributed by atoms with van der Waals surface area (Å²) < 4.78 is 44.3. The predicted octanol–water partition coefficient (Wildman–Crippen LogP) is 3.11. The topological polar surface area (TPSA) is 101 Å². The van der Waals surface area contributed by atoms with E-state index in [9.17, 15) is 27.2 Å². The van der Waals surface area contributed by atoms with Crippen molar-refractivity contribution in [3.05, 3.63) is 64.4 Å². The van der Waals surface area contributed by atoms with Crippen LogP contribution in [0.2, 0.25) is 5.02 Å². The summed E-state index contributed by atoms with van der Waals surface area (Å²) >= 11 is 6.09. The monoisotopic (exact) mass is 496 g/mol. The number of ether oxygens (including phenoxy) is 1. The second kappa shape index (κ2) is 9.98. The van der Waals surface area contributed by atoms with Crippen LogP contribution in [0.15, 0.2) is 47.4 Å². The zero-order valence-corrected chi connectivity index (χ0v) is 19.5. The molecule has 2 aromatic rings. The lowest BCUT2D eigenvalue weighted by molar-refractivity contribution is -0.137. The van der Waals surface area contributed by atoms with Gasteiger partial charge in [0.05, 0.1) is 15.5 Å². The first-order chi connectivity index (χ1) is 15.5. The Labute approximate surface area is 195 Å². The molecule has 176 valence electrons. The Morgan fingerprint density at radius 3 is 2.42 bits per heavy atom. The minimum atomic E-state index is -3.83. The molecule has 0 aromatic heterocycles. The number of esters is 1. The van der Waals surface area contributed by atoms with Crippen molar-refractivity contribution in [2.75, 3.05) is 20.6 Å². The Morgan fingerprint density at radius 2 is 1.79 bits per heavy atom. The predicted molar refractivity (Wildman–Crippen MR) is 118 cm³/mol. The molecule has 1 heterocycles. The van der Waals surface area contributed by atoms with Crippen molar-refractivity contribution >= 4 is 39.4 Å². The van der Waals surface area contributed by atoms with Gasteiger partial charge in [-0.05, 0) is 61.7 Å². The molecule has 1 aliphatic rings. The normalized spacial score (nSPS) is 17.1. The Balaban J connectivity index is 1.83. The highest BCUT2D eigenvalue weighted by Gasteiger charge is 2.35. The molecule has 0 unspecified atom stereocenters. The third-order valence-corrected chi connectivity index (χ3v) is 7.30. The van der Waals surface area contributed by atoms with E-state index in [1.54, 1.807) is 0 Å². The standard InChI is InChI=1S/C22H22ClFN2O6S/c1-25(2)33(30,31)16-10-11-18(23)17(13-16)22(29)32-19-5-3-4-12-26(21(19)28)20(27)14-6-8-15(24)9-7-14/h6-11,13,19H,3-5,12H2,1-2H3/t19-/m1/s1. The summed E-state index contributed by atoms with van der Waals surface area (Å²) in [5, 5.41) is -0.0435. The Morgan fingerprint density at radius 1 is 1.12 bits per heavy atom. The molecule has 1 fully saturated rings.